The molecule has 1 heterocycles. The second-order valence-electron chi connectivity index (χ2n) is 3.51. The summed E-state index contributed by atoms with van der Waals surface area (Å²) < 4.78 is 8.74. The number of fused-ring (bicyclic) bond motifs is 1. The fourth-order valence-electron chi connectivity index (χ4n) is 1.77. The van der Waals surface area contributed by atoms with Crippen molar-refractivity contribution >= 4 is 26.8 Å². The van der Waals surface area contributed by atoms with Gasteiger partial charge < -0.3 is 9.30 Å². The predicted molar refractivity (Wildman–Crippen MR) is 65.9 cm³/mol. The van der Waals surface area contributed by atoms with Crippen LogP contribution in [0.15, 0.2) is 28.7 Å². The highest BCUT2D eigenvalue weighted by Crippen LogP contribution is 2.26. The number of hydrogen-bond donors (Lipinski definition) is 0. The summed E-state index contributed by atoms with van der Waals surface area (Å²) in [4.78, 5) is 0. The molecule has 15 heavy (non-hydrogen) atoms. The molecule has 0 saturated heterocycles. The molecular weight excluding hydrogens is 254 g/mol. The number of benzene rings is 1. The lowest BCUT2D eigenvalue weighted by atomic mass is 10.2. The van der Waals surface area contributed by atoms with Crippen LogP contribution in [0.2, 0.25) is 0 Å². The largest absolute Gasteiger partial charge is 0.376 e. The fourth-order valence-corrected chi connectivity index (χ4v) is 2.41. The molecule has 0 atom stereocenters. The average Bonchev–Trinajstić information content (AvgIpc) is 2.54. The molecule has 80 valence electrons. The molecule has 2 nitrogen and oxygen atoms in total. The predicted octanol–water partition coefficient (Wildman–Crippen LogP) is 3.48. The standard InChI is InChI=1S/C12H14BrNO/c1-3-15-8-10-7-9-5-4-6-11(13)12(9)14(10)2/h4-7H,3,8H2,1-2H3. The molecule has 0 radical (unpaired) electrons. The molecule has 0 aliphatic rings. The van der Waals surface area contributed by atoms with Gasteiger partial charge in [-0.05, 0) is 35.0 Å². The minimum Gasteiger partial charge on any atom is -0.376 e. The van der Waals surface area contributed by atoms with Gasteiger partial charge in [0.25, 0.3) is 0 Å². The van der Waals surface area contributed by atoms with Crippen molar-refractivity contribution in [2.24, 2.45) is 7.05 Å². The van der Waals surface area contributed by atoms with Crippen molar-refractivity contribution in [2.75, 3.05) is 6.61 Å². The number of rotatable bonds is 3. The summed E-state index contributed by atoms with van der Waals surface area (Å²) in [6.07, 6.45) is 0. The highest BCUT2D eigenvalue weighted by molar-refractivity contribution is 9.10. The lowest BCUT2D eigenvalue weighted by molar-refractivity contribution is 0.129. The molecule has 1 aromatic carbocycles. The summed E-state index contributed by atoms with van der Waals surface area (Å²) in [6.45, 7) is 3.44. The zero-order valence-electron chi connectivity index (χ0n) is 8.96. The van der Waals surface area contributed by atoms with Crippen molar-refractivity contribution in [3.8, 4) is 0 Å². The summed E-state index contributed by atoms with van der Waals surface area (Å²) in [5.74, 6) is 0. The molecular formula is C12H14BrNO. The molecule has 0 spiro atoms. The number of nitrogens with zero attached hydrogens (tertiary/aromatic N) is 1. The maximum absolute atomic E-state index is 5.43. The van der Waals surface area contributed by atoms with E-state index in [1.165, 1.54) is 16.6 Å². The summed E-state index contributed by atoms with van der Waals surface area (Å²) in [5.41, 5.74) is 2.44. The van der Waals surface area contributed by atoms with Crippen LogP contribution < -0.4 is 0 Å². The number of aromatic nitrogens is 1. The molecule has 2 rings (SSSR count). The molecule has 0 aliphatic heterocycles. The summed E-state index contributed by atoms with van der Waals surface area (Å²) >= 11 is 3.57. The van der Waals surface area contributed by atoms with Gasteiger partial charge in [0, 0.05) is 29.2 Å². The average molecular weight is 268 g/mol. The van der Waals surface area contributed by atoms with Gasteiger partial charge in [0.15, 0.2) is 0 Å². The first-order valence-corrected chi connectivity index (χ1v) is 5.84. The number of para-hydroxylation sites is 1. The van der Waals surface area contributed by atoms with E-state index in [-0.39, 0.29) is 0 Å². The Labute approximate surface area is 98.0 Å². The molecule has 0 saturated carbocycles. The van der Waals surface area contributed by atoms with E-state index < -0.39 is 0 Å². The Morgan fingerprint density at radius 3 is 2.87 bits per heavy atom. The minimum absolute atomic E-state index is 0.675. The molecule has 1 aromatic heterocycles. The van der Waals surface area contributed by atoms with E-state index >= 15 is 0 Å². The van der Waals surface area contributed by atoms with Crippen LogP contribution in [0, 0.1) is 0 Å². The number of hydrogen-bond acceptors (Lipinski definition) is 1. The first kappa shape index (κ1) is 10.7. The van der Waals surface area contributed by atoms with E-state index in [4.69, 9.17) is 4.74 Å². The van der Waals surface area contributed by atoms with Crippen LogP contribution in [0.1, 0.15) is 12.6 Å². The van der Waals surface area contributed by atoms with Crippen molar-refractivity contribution < 1.29 is 4.74 Å². The van der Waals surface area contributed by atoms with Crippen molar-refractivity contribution in [3.05, 3.63) is 34.4 Å². The van der Waals surface area contributed by atoms with Crippen LogP contribution in [-0.2, 0) is 18.4 Å². The molecule has 0 unspecified atom stereocenters. The molecule has 0 bridgehead atoms. The quantitative estimate of drug-likeness (QED) is 0.831. The molecule has 0 fully saturated rings. The van der Waals surface area contributed by atoms with Gasteiger partial charge in [-0.3, -0.25) is 0 Å². The second-order valence-corrected chi connectivity index (χ2v) is 4.36. The van der Waals surface area contributed by atoms with E-state index in [1.54, 1.807) is 0 Å². The van der Waals surface area contributed by atoms with Gasteiger partial charge in [-0.25, -0.2) is 0 Å². The van der Waals surface area contributed by atoms with Crippen molar-refractivity contribution in [2.45, 2.75) is 13.5 Å². The maximum Gasteiger partial charge on any atom is 0.0867 e. The third-order valence-electron chi connectivity index (χ3n) is 2.56. The summed E-state index contributed by atoms with van der Waals surface area (Å²) in [7, 11) is 2.07. The van der Waals surface area contributed by atoms with Crippen LogP contribution in [0.5, 0.6) is 0 Å². The molecule has 2 aromatic rings. The Balaban J connectivity index is 2.50. The van der Waals surface area contributed by atoms with E-state index in [0.29, 0.717) is 6.61 Å². The molecule has 0 aliphatic carbocycles. The number of aryl methyl sites for hydroxylation is 1. The topological polar surface area (TPSA) is 14.2 Å². The molecule has 0 N–H and O–H groups in total. The van der Waals surface area contributed by atoms with Gasteiger partial charge >= 0.3 is 0 Å². The zero-order chi connectivity index (χ0) is 10.8. The Hall–Kier alpha value is -0.800. The normalized spacial score (nSPS) is 11.1. The Morgan fingerprint density at radius 2 is 2.20 bits per heavy atom. The van der Waals surface area contributed by atoms with Crippen LogP contribution >= 0.6 is 15.9 Å². The van der Waals surface area contributed by atoms with Gasteiger partial charge in [-0.15, -0.1) is 0 Å². The van der Waals surface area contributed by atoms with Crippen LogP contribution in [0.3, 0.4) is 0 Å². The SMILES string of the molecule is CCOCc1cc2cccc(Br)c2n1C. The Kier molecular flexibility index (Phi) is 3.12. The third-order valence-corrected chi connectivity index (χ3v) is 3.20. The van der Waals surface area contributed by atoms with Gasteiger partial charge in [0.2, 0.25) is 0 Å². The van der Waals surface area contributed by atoms with Crippen molar-refractivity contribution in [1.82, 2.24) is 4.57 Å². The molecule has 3 heteroatoms. The van der Waals surface area contributed by atoms with E-state index in [0.717, 1.165) is 11.1 Å². The third kappa shape index (κ3) is 1.94. The minimum atomic E-state index is 0.675. The number of ether oxygens (including phenoxy) is 1. The van der Waals surface area contributed by atoms with E-state index in [9.17, 15) is 0 Å². The van der Waals surface area contributed by atoms with Crippen LogP contribution in [0.4, 0.5) is 0 Å². The monoisotopic (exact) mass is 267 g/mol. The van der Waals surface area contributed by atoms with Crippen molar-refractivity contribution in [1.29, 1.82) is 0 Å². The smallest absolute Gasteiger partial charge is 0.0867 e. The highest BCUT2D eigenvalue weighted by atomic mass is 79.9. The maximum atomic E-state index is 5.43. The Morgan fingerprint density at radius 1 is 1.40 bits per heavy atom. The van der Waals surface area contributed by atoms with Crippen LogP contribution in [0.25, 0.3) is 10.9 Å². The first-order valence-electron chi connectivity index (χ1n) is 5.04. The lowest BCUT2D eigenvalue weighted by Gasteiger charge is -2.04. The Bertz CT molecular complexity index is 476. The first-order chi connectivity index (χ1) is 7.24. The van der Waals surface area contributed by atoms with Gasteiger partial charge in [0.05, 0.1) is 12.1 Å². The number of halogens is 1. The summed E-state index contributed by atoms with van der Waals surface area (Å²) in [5, 5.41) is 1.25. The van der Waals surface area contributed by atoms with Gasteiger partial charge in [-0.1, -0.05) is 12.1 Å². The van der Waals surface area contributed by atoms with Gasteiger partial charge in [-0.2, -0.15) is 0 Å². The summed E-state index contributed by atoms with van der Waals surface area (Å²) in [6, 6.07) is 8.41. The van der Waals surface area contributed by atoms with E-state index in [1.807, 2.05) is 6.92 Å². The zero-order valence-corrected chi connectivity index (χ0v) is 10.5. The van der Waals surface area contributed by atoms with Crippen LogP contribution in [-0.4, -0.2) is 11.2 Å². The lowest BCUT2D eigenvalue weighted by Crippen LogP contribution is -1.99. The fraction of sp³-hybridized carbons (Fsp3) is 0.333. The van der Waals surface area contributed by atoms with Gasteiger partial charge in [0.1, 0.15) is 0 Å². The second kappa shape index (κ2) is 4.37. The van der Waals surface area contributed by atoms with E-state index in [2.05, 4.69) is 51.8 Å². The highest BCUT2D eigenvalue weighted by Gasteiger charge is 2.07. The molecule has 0 amide bonds. The van der Waals surface area contributed by atoms with Crippen molar-refractivity contribution in [3.63, 3.8) is 0 Å².